The molecule has 0 unspecified atom stereocenters. The van der Waals surface area contributed by atoms with Gasteiger partial charge in [-0.05, 0) is 64.5 Å². The van der Waals surface area contributed by atoms with Gasteiger partial charge in [0.1, 0.15) is 5.75 Å². The minimum absolute atomic E-state index is 0.0496. The highest BCUT2D eigenvalue weighted by Gasteiger charge is 2.51. The van der Waals surface area contributed by atoms with Crippen LogP contribution in [0.4, 0.5) is 0 Å². The number of aliphatic hydroxyl groups is 1. The summed E-state index contributed by atoms with van der Waals surface area (Å²) >= 11 is 0. The molecule has 1 amide bonds. The van der Waals surface area contributed by atoms with Crippen molar-refractivity contribution in [2.75, 3.05) is 13.1 Å². The molecule has 1 N–H and O–H groups in total. The Hall–Kier alpha value is -1.55. The molecule has 1 heterocycles. The SMILES string of the molecule is Cc1ccc(OC2CCC3(CC2)CN(C(=O)C2CC(C)(O)C2)C3)cc1. The molecule has 25 heavy (non-hydrogen) atoms. The molecule has 2 aliphatic carbocycles. The molecule has 4 rings (SSSR count). The van der Waals surface area contributed by atoms with Crippen molar-refractivity contribution < 1.29 is 14.6 Å². The van der Waals surface area contributed by atoms with Gasteiger partial charge >= 0.3 is 0 Å². The number of aryl methyl sites for hydroxylation is 1. The van der Waals surface area contributed by atoms with E-state index >= 15 is 0 Å². The lowest BCUT2D eigenvalue weighted by Crippen LogP contribution is -2.63. The van der Waals surface area contributed by atoms with Crippen LogP contribution >= 0.6 is 0 Å². The number of carbonyl (C=O) groups is 1. The molecule has 0 bridgehead atoms. The van der Waals surface area contributed by atoms with Crippen molar-refractivity contribution in [2.45, 2.75) is 64.1 Å². The Morgan fingerprint density at radius 1 is 1.16 bits per heavy atom. The van der Waals surface area contributed by atoms with E-state index in [0.717, 1.165) is 44.5 Å². The van der Waals surface area contributed by atoms with Gasteiger partial charge in [-0.3, -0.25) is 4.79 Å². The Kier molecular flexibility index (Phi) is 4.06. The minimum Gasteiger partial charge on any atom is -0.490 e. The van der Waals surface area contributed by atoms with Crippen LogP contribution in [0.15, 0.2) is 24.3 Å². The van der Waals surface area contributed by atoms with Gasteiger partial charge in [-0.2, -0.15) is 0 Å². The van der Waals surface area contributed by atoms with E-state index in [4.69, 9.17) is 4.74 Å². The van der Waals surface area contributed by atoms with Crippen LogP contribution in [-0.4, -0.2) is 40.7 Å². The summed E-state index contributed by atoms with van der Waals surface area (Å²) in [7, 11) is 0. The molecule has 4 nitrogen and oxygen atoms in total. The maximum absolute atomic E-state index is 12.4. The molecule has 3 fully saturated rings. The molecule has 1 aromatic rings. The molecule has 2 saturated carbocycles. The normalized spacial score (nSPS) is 31.3. The molecular formula is C21H29NO3. The zero-order valence-electron chi connectivity index (χ0n) is 15.3. The Morgan fingerprint density at radius 3 is 2.32 bits per heavy atom. The summed E-state index contributed by atoms with van der Waals surface area (Å²) in [6.07, 6.45) is 6.01. The van der Waals surface area contributed by atoms with Crippen molar-refractivity contribution in [2.24, 2.45) is 11.3 Å². The first-order chi connectivity index (χ1) is 11.8. The van der Waals surface area contributed by atoms with E-state index < -0.39 is 5.60 Å². The Morgan fingerprint density at radius 2 is 1.76 bits per heavy atom. The average Bonchev–Trinajstić information content (AvgIpc) is 2.53. The number of benzene rings is 1. The van der Waals surface area contributed by atoms with E-state index in [0.29, 0.717) is 24.4 Å². The summed E-state index contributed by atoms with van der Waals surface area (Å²) in [5.41, 5.74) is 0.964. The number of amides is 1. The number of carbonyl (C=O) groups excluding carboxylic acids is 1. The fourth-order valence-corrected chi connectivity index (χ4v) is 4.80. The number of likely N-dealkylation sites (tertiary alicyclic amines) is 1. The van der Waals surface area contributed by atoms with Crippen molar-refractivity contribution in [1.29, 1.82) is 0 Å². The third kappa shape index (κ3) is 3.41. The van der Waals surface area contributed by atoms with Gasteiger partial charge in [0.05, 0.1) is 11.7 Å². The van der Waals surface area contributed by atoms with Gasteiger partial charge in [0, 0.05) is 24.4 Å². The van der Waals surface area contributed by atoms with E-state index in [1.54, 1.807) is 0 Å². The van der Waals surface area contributed by atoms with Crippen molar-refractivity contribution >= 4 is 5.91 Å². The predicted molar refractivity (Wildman–Crippen MR) is 96.4 cm³/mol. The lowest BCUT2D eigenvalue weighted by molar-refractivity contribution is -0.164. The summed E-state index contributed by atoms with van der Waals surface area (Å²) in [6, 6.07) is 8.29. The minimum atomic E-state index is -0.617. The van der Waals surface area contributed by atoms with Crippen molar-refractivity contribution in [3.05, 3.63) is 29.8 Å². The number of rotatable bonds is 3. The third-order valence-electron chi connectivity index (χ3n) is 6.40. The van der Waals surface area contributed by atoms with Crippen LogP contribution in [0.1, 0.15) is 51.0 Å². The van der Waals surface area contributed by atoms with E-state index in [1.807, 2.05) is 11.8 Å². The van der Waals surface area contributed by atoms with Crippen LogP contribution in [-0.2, 0) is 4.79 Å². The lowest BCUT2D eigenvalue weighted by atomic mass is 9.66. The first-order valence-electron chi connectivity index (χ1n) is 9.59. The largest absolute Gasteiger partial charge is 0.490 e. The maximum Gasteiger partial charge on any atom is 0.225 e. The second-order valence-electron chi connectivity index (χ2n) is 8.93. The molecule has 136 valence electrons. The zero-order chi connectivity index (χ0) is 17.7. The van der Waals surface area contributed by atoms with Gasteiger partial charge in [-0.1, -0.05) is 17.7 Å². The quantitative estimate of drug-likeness (QED) is 0.916. The summed E-state index contributed by atoms with van der Waals surface area (Å²) in [5, 5.41) is 9.83. The van der Waals surface area contributed by atoms with Crippen molar-refractivity contribution in [3.63, 3.8) is 0 Å². The first-order valence-corrected chi connectivity index (χ1v) is 9.59. The summed E-state index contributed by atoms with van der Waals surface area (Å²) in [5.74, 6) is 1.28. The Labute approximate surface area is 150 Å². The standard InChI is InChI=1S/C21H29NO3/c1-15-3-5-17(6-4-15)25-18-7-9-21(10-8-18)13-22(14-21)19(23)16-11-20(2,24)12-16/h3-6,16,18,24H,7-14H2,1-2H3. The fourth-order valence-electron chi connectivity index (χ4n) is 4.80. The molecule has 1 aromatic carbocycles. The summed E-state index contributed by atoms with van der Waals surface area (Å²) in [6.45, 7) is 5.72. The van der Waals surface area contributed by atoms with Gasteiger partial charge in [-0.15, -0.1) is 0 Å². The summed E-state index contributed by atoms with van der Waals surface area (Å²) in [4.78, 5) is 14.5. The summed E-state index contributed by atoms with van der Waals surface area (Å²) < 4.78 is 6.13. The zero-order valence-corrected chi connectivity index (χ0v) is 15.3. The monoisotopic (exact) mass is 343 g/mol. The fraction of sp³-hybridized carbons (Fsp3) is 0.667. The third-order valence-corrected chi connectivity index (χ3v) is 6.40. The van der Waals surface area contributed by atoms with Crippen LogP contribution in [0.5, 0.6) is 5.75 Å². The highest BCUT2D eigenvalue weighted by molar-refractivity contribution is 5.81. The van der Waals surface area contributed by atoms with Gasteiger partial charge in [-0.25, -0.2) is 0 Å². The Bertz CT molecular complexity index is 628. The van der Waals surface area contributed by atoms with Crippen LogP contribution in [0.25, 0.3) is 0 Å². The van der Waals surface area contributed by atoms with Crippen molar-refractivity contribution in [1.82, 2.24) is 4.90 Å². The second kappa shape index (κ2) is 6.01. The van der Waals surface area contributed by atoms with E-state index in [-0.39, 0.29) is 11.8 Å². The highest BCUT2D eigenvalue weighted by Crippen LogP contribution is 2.47. The number of ether oxygens (including phenoxy) is 1. The van der Waals surface area contributed by atoms with Crippen LogP contribution < -0.4 is 4.74 Å². The van der Waals surface area contributed by atoms with E-state index in [2.05, 4.69) is 31.2 Å². The maximum atomic E-state index is 12.4. The van der Waals surface area contributed by atoms with Gasteiger partial charge in [0.15, 0.2) is 0 Å². The Balaban J connectivity index is 1.23. The molecular weight excluding hydrogens is 314 g/mol. The van der Waals surface area contributed by atoms with Gasteiger partial charge in [0.2, 0.25) is 5.91 Å². The lowest BCUT2D eigenvalue weighted by Gasteiger charge is -2.55. The predicted octanol–water partition coefficient (Wildman–Crippen LogP) is 3.31. The molecule has 4 heteroatoms. The first kappa shape index (κ1) is 16.9. The topological polar surface area (TPSA) is 49.8 Å². The van der Waals surface area contributed by atoms with Gasteiger partial charge in [0.25, 0.3) is 0 Å². The molecule has 0 radical (unpaired) electrons. The highest BCUT2D eigenvalue weighted by atomic mass is 16.5. The van der Waals surface area contributed by atoms with Crippen LogP contribution in [0, 0.1) is 18.3 Å². The molecule has 1 saturated heterocycles. The number of hydrogen-bond acceptors (Lipinski definition) is 3. The number of nitrogens with zero attached hydrogens (tertiary/aromatic N) is 1. The molecule has 1 aliphatic heterocycles. The van der Waals surface area contributed by atoms with E-state index in [9.17, 15) is 9.90 Å². The molecule has 3 aliphatic rings. The molecule has 0 atom stereocenters. The van der Waals surface area contributed by atoms with Crippen molar-refractivity contribution in [3.8, 4) is 5.75 Å². The van der Waals surface area contributed by atoms with Gasteiger partial charge < -0.3 is 14.7 Å². The second-order valence-corrected chi connectivity index (χ2v) is 8.93. The molecule has 1 spiro atoms. The van der Waals surface area contributed by atoms with Crippen LogP contribution in [0.2, 0.25) is 0 Å². The van der Waals surface area contributed by atoms with E-state index in [1.165, 1.54) is 5.56 Å². The average molecular weight is 343 g/mol. The number of hydrogen-bond donors (Lipinski definition) is 1. The smallest absolute Gasteiger partial charge is 0.225 e. The molecule has 0 aromatic heterocycles. The van der Waals surface area contributed by atoms with Crippen LogP contribution in [0.3, 0.4) is 0 Å².